The molecule has 1 aliphatic rings. The molecule has 29 heavy (non-hydrogen) atoms. The number of alkyl halides is 4. The Labute approximate surface area is 170 Å². The Morgan fingerprint density at radius 1 is 1.17 bits per heavy atom. The zero-order chi connectivity index (χ0) is 21.0. The maximum Gasteiger partial charge on any atom is 0.280 e. The summed E-state index contributed by atoms with van der Waals surface area (Å²) in [4.78, 5) is 18.1. The predicted molar refractivity (Wildman–Crippen MR) is 101 cm³/mol. The number of rotatable bonds is 6. The highest BCUT2D eigenvalue weighted by Crippen LogP contribution is 2.32. The van der Waals surface area contributed by atoms with Gasteiger partial charge in [-0.15, -0.1) is 0 Å². The molecule has 1 atom stereocenters. The molecule has 3 rings (SSSR count). The number of carbonyl (C=O) groups is 1. The largest absolute Gasteiger partial charge is 0.350 e. The third kappa shape index (κ3) is 5.45. The highest BCUT2D eigenvalue weighted by atomic mass is 35.5. The van der Waals surface area contributed by atoms with Crippen LogP contribution >= 0.6 is 11.6 Å². The SMILES string of the molecule is O=C(NCC(c1ccc(C(F)F)nc1)N1CCC(F)(F)CC1)c1ccccc1Cl. The number of halogens is 5. The van der Waals surface area contributed by atoms with Crippen molar-refractivity contribution in [1.82, 2.24) is 15.2 Å². The third-order valence-corrected chi connectivity index (χ3v) is 5.29. The van der Waals surface area contributed by atoms with Gasteiger partial charge in [-0.1, -0.05) is 29.8 Å². The second-order valence-electron chi connectivity index (χ2n) is 6.91. The van der Waals surface area contributed by atoms with Crippen molar-refractivity contribution in [2.75, 3.05) is 19.6 Å². The highest BCUT2D eigenvalue weighted by molar-refractivity contribution is 6.33. The summed E-state index contributed by atoms with van der Waals surface area (Å²) in [6, 6.07) is 8.77. The van der Waals surface area contributed by atoms with E-state index in [1.54, 1.807) is 24.3 Å². The van der Waals surface area contributed by atoms with Crippen molar-refractivity contribution in [1.29, 1.82) is 0 Å². The average molecular weight is 430 g/mol. The number of benzene rings is 1. The number of hydrogen-bond acceptors (Lipinski definition) is 3. The van der Waals surface area contributed by atoms with Crippen LogP contribution in [0.25, 0.3) is 0 Å². The molecule has 0 radical (unpaired) electrons. The van der Waals surface area contributed by atoms with Crippen LogP contribution in [0, 0.1) is 0 Å². The molecule has 1 aromatic carbocycles. The van der Waals surface area contributed by atoms with Crippen LogP contribution < -0.4 is 5.32 Å². The molecule has 1 amide bonds. The molecule has 0 bridgehead atoms. The first kappa shape index (κ1) is 21.5. The fraction of sp³-hybridized carbons (Fsp3) is 0.400. The van der Waals surface area contributed by atoms with Gasteiger partial charge in [0.15, 0.2) is 0 Å². The molecule has 2 aromatic rings. The summed E-state index contributed by atoms with van der Waals surface area (Å²) in [5.41, 5.74) is 0.501. The molecule has 156 valence electrons. The van der Waals surface area contributed by atoms with Crippen LogP contribution in [0.1, 0.15) is 46.9 Å². The van der Waals surface area contributed by atoms with Gasteiger partial charge in [-0.3, -0.25) is 14.7 Å². The van der Waals surface area contributed by atoms with E-state index in [-0.39, 0.29) is 38.2 Å². The molecule has 0 saturated carbocycles. The second-order valence-corrected chi connectivity index (χ2v) is 7.32. The Bertz CT molecular complexity index is 838. The first-order valence-electron chi connectivity index (χ1n) is 9.15. The lowest BCUT2D eigenvalue weighted by Gasteiger charge is -2.37. The minimum atomic E-state index is -2.72. The van der Waals surface area contributed by atoms with Crippen LogP contribution in [-0.2, 0) is 0 Å². The Hall–Kier alpha value is -2.19. The van der Waals surface area contributed by atoms with E-state index < -0.39 is 24.3 Å². The summed E-state index contributed by atoms with van der Waals surface area (Å²) >= 11 is 6.04. The van der Waals surface area contributed by atoms with E-state index >= 15 is 0 Å². The summed E-state index contributed by atoms with van der Waals surface area (Å²) in [6.07, 6.45) is -1.99. The summed E-state index contributed by atoms with van der Waals surface area (Å²) in [5.74, 6) is -3.13. The zero-order valence-corrected chi connectivity index (χ0v) is 16.2. The van der Waals surface area contributed by atoms with Gasteiger partial charge in [0.2, 0.25) is 0 Å². The topological polar surface area (TPSA) is 45.2 Å². The summed E-state index contributed by atoms with van der Waals surface area (Å²) in [5, 5.41) is 3.06. The standard InChI is InChI=1S/C20H20ClF4N3O/c21-15-4-2-1-3-14(15)19(29)27-12-17(28-9-7-20(24,25)8-10-28)13-5-6-16(18(22)23)26-11-13/h1-6,11,17-18H,7-10,12H2,(H,27,29). The van der Waals surface area contributed by atoms with Gasteiger partial charge in [0.05, 0.1) is 16.6 Å². The van der Waals surface area contributed by atoms with Crippen molar-refractivity contribution in [3.8, 4) is 0 Å². The molecule has 1 aromatic heterocycles. The Morgan fingerprint density at radius 3 is 2.45 bits per heavy atom. The molecule has 4 nitrogen and oxygen atoms in total. The molecule has 1 saturated heterocycles. The van der Waals surface area contributed by atoms with Gasteiger partial charge in [0.25, 0.3) is 18.3 Å². The number of piperidine rings is 1. The fourth-order valence-electron chi connectivity index (χ4n) is 3.29. The Kier molecular flexibility index (Phi) is 6.74. The average Bonchev–Trinajstić information content (AvgIpc) is 2.69. The lowest BCUT2D eigenvalue weighted by atomic mass is 10.0. The van der Waals surface area contributed by atoms with Crippen molar-refractivity contribution >= 4 is 17.5 Å². The molecule has 1 aliphatic heterocycles. The third-order valence-electron chi connectivity index (χ3n) is 4.96. The molecule has 2 heterocycles. The molecule has 9 heteroatoms. The summed E-state index contributed by atoms with van der Waals surface area (Å²) in [6.45, 7) is 0.345. The number of nitrogens with one attached hydrogen (secondary N) is 1. The van der Waals surface area contributed by atoms with E-state index in [0.29, 0.717) is 16.1 Å². The summed E-state index contributed by atoms with van der Waals surface area (Å²) < 4.78 is 52.7. The van der Waals surface area contributed by atoms with Crippen LogP contribution in [-0.4, -0.2) is 41.3 Å². The van der Waals surface area contributed by atoms with E-state index in [4.69, 9.17) is 11.6 Å². The van der Waals surface area contributed by atoms with E-state index in [1.165, 1.54) is 18.3 Å². The van der Waals surface area contributed by atoms with Gasteiger partial charge < -0.3 is 5.32 Å². The number of aromatic nitrogens is 1. The maximum atomic E-state index is 13.6. The van der Waals surface area contributed by atoms with E-state index in [2.05, 4.69) is 10.3 Å². The fourth-order valence-corrected chi connectivity index (χ4v) is 3.52. The molecule has 1 fully saturated rings. The minimum absolute atomic E-state index is 0.103. The number of nitrogens with zero attached hydrogens (tertiary/aromatic N) is 2. The van der Waals surface area contributed by atoms with E-state index in [1.807, 2.05) is 4.90 Å². The number of amides is 1. The van der Waals surface area contributed by atoms with Crippen LogP contribution in [0.2, 0.25) is 5.02 Å². The van der Waals surface area contributed by atoms with E-state index in [0.717, 1.165) is 0 Å². The van der Waals surface area contributed by atoms with Crippen molar-refractivity contribution in [2.24, 2.45) is 0 Å². The monoisotopic (exact) mass is 429 g/mol. The lowest BCUT2D eigenvalue weighted by molar-refractivity contribution is -0.0632. The number of likely N-dealkylation sites (tertiary alicyclic amines) is 1. The molecule has 0 aliphatic carbocycles. The second kappa shape index (κ2) is 9.09. The van der Waals surface area contributed by atoms with Gasteiger partial charge in [-0.05, 0) is 23.8 Å². The number of carbonyl (C=O) groups excluding carboxylic acids is 1. The molecule has 1 unspecified atom stereocenters. The van der Waals surface area contributed by atoms with Gasteiger partial charge >= 0.3 is 0 Å². The molecular weight excluding hydrogens is 410 g/mol. The zero-order valence-electron chi connectivity index (χ0n) is 15.4. The quantitative estimate of drug-likeness (QED) is 0.666. The van der Waals surface area contributed by atoms with E-state index in [9.17, 15) is 22.4 Å². The van der Waals surface area contributed by atoms with Crippen LogP contribution in [0.15, 0.2) is 42.6 Å². The molecular formula is C20H20ClF4N3O. The lowest BCUT2D eigenvalue weighted by Crippen LogP contribution is -2.45. The summed E-state index contributed by atoms with van der Waals surface area (Å²) in [7, 11) is 0. The Balaban J connectivity index is 1.77. The van der Waals surface area contributed by atoms with Crippen molar-refractivity contribution in [2.45, 2.75) is 31.2 Å². The maximum absolute atomic E-state index is 13.6. The number of hydrogen-bond donors (Lipinski definition) is 1. The van der Waals surface area contributed by atoms with Crippen LogP contribution in [0.5, 0.6) is 0 Å². The van der Waals surface area contributed by atoms with Crippen molar-refractivity contribution in [3.63, 3.8) is 0 Å². The Morgan fingerprint density at radius 2 is 1.86 bits per heavy atom. The number of pyridine rings is 1. The van der Waals surface area contributed by atoms with Crippen molar-refractivity contribution in [3.05, 3.63) is 64.4 Å². The van der Waals surface area contributed by atoms with Crippen LogP contribution in [0.3, 0.4) is 0 Å². The van der Waals surface area contributed by atoms with Gasteiger partial charge in [-0.2, -0.15) is 0 Å². The first-order valence-corrected chi connectivity index (χ1v) is 9.53. The smallest absolute Gasteiger partial charge is 0.280 e. The van der Waals surface area contributed by atoms with Crippen LogP contribution in [0.4, 0.5) is 17.6 Å². The van der Waals surface area contributed by atoms with Gasteiger partial charge in [0.1, 0.15) is 5.69 Å². The molecule has 1 N–H and O–H groups in total. The normalized spacial score (nSPS) is 17.9. The first-order chi connectivity index (χ1) is 13.8. The highest BCUT2D eigenvalue weighted by Gasteiger charge is 2.36. The minimum Gasteiger partial charge on any atom is -0.350 e. The van der Waals surface area contributed by atoms with Crippen molar-refractivity contribution < 1.29 is 22.4 Å². The van der Waals surface area contributed by atoms with Gasteiger partial charge in [-0.25, -0.2) is 17.6 Å². The molecule has 0 spiro atoms. The predicted octanol–water partition coefficient (Wildman–Crippen LogP) is 4.87. The van der Waals surface area contributed by atoms with Gasteiger partial charge in [0, 0.05) is 38.7 Å².